The second-order valence-corrected chi connectivity index (χ2v) is 7.44. The van der Waals surface area contributed by atoms with Crippen molar-refractivity contribution in [2.24, 2.45) is 0 Å². The molecule has 0 heterocycles. The van der Waals surface area contributed by atoms with Crippen molar-refractivity contribution in [1.29, 1.82) is 0 Å². The number of benzene rings is 2. The normalized spacial score (nSPS) is 11.0. The molecule has 148 valence electrons. The first kappa shape index (κ1) is 22.0. The number of ether oxygens (including phenoxy) is 2. The zero-order valence-corrected chi connectivity index (χ0v) is 18.6. The average molecular weight is 456 g/mol. The van der Waals surface area contributed by atoms with Crippen molar-refractivity contribution in [3.05, 3.63) is 57.0 Å². The van der Waals surface area contributed by atoms with Gasteiger partial charge in [-0.05, 0) is 36.9 Å². The first-order chi connectivity index (χ1) is 13.1. The number of nitrogens with zero attached hydrogens (tertiary/aromatic N) is 1. The van der Waals surface area contributed by atoms with E-state index < -0.39 is 0 Å². The summed E-state index contributed by atoms with van der Waals surface area (Å²) >= 11 is 9.85. The predicted molar refractivity (Wildman–Crippen MR) is 116 cm³/mol. The highest BCUT2D eigenvalue weighted by molar-refractivity contribution is 9.10. The lowest BCUT2D eigenvalue weighted by Crippen LogP contribution is -2.31. The molecule has 0 aromatic heterocycles. The van der Waals surface area contributed by atoms with E-state index in [1.165, 1.54) is 0 Å². The van der Waals surface area contributed by atoms with E-state index in [-0.39, 0.29) is 0 Å². The fourth-order valence-corrected chi connectivity index (χ4v) is 3.41. The minimum atomic E-state index is 0.393. The van der Waals surface area contributed by atoms with E-state index in [0.29, 0.717) is 23.1 Å². The largest absolute Gasteiger partial charge is 0.493 e. The van der Waals surface area contributed by atoms with E-state index in [1.807, 2.05) is 36.4 Å². The summed E-state index contributed by atoms with van der Waals surface area (Å²) in [5, 5.41) is 4.19. The molecule has 4 nitrogen and oxygen atoms in total. The summed E-state index contributed by atoms with van der Waals surface area (Å²) in [6.45, 7) is 9.67. The molecule has 1 N–H and O–H groups in total. The van der Waals surface area contributed by atoms with Crippen molar-refractivity contribution >= 4 is 27.5 Å². The van der Waals surface area contributed by atoms with Crippen LogP contribution in [0.4, 0.5) is 0 Å². The van der Waals surface area contributed by atoms with Crippen LogP contribution in [0.25, 0.3) is 0 Å². The van der Waals surface area contributed by atoms with Gasteiger partial charge in [-0.3, -0.25) is 0 Å². The molecule has 0 unspecified atom stereocenters. The lowest BCUT2D eigenvalue weighted by atomic mass is 10.2. The SMILES string of the molecule is CCN(CC)CCNCc1cc(OC)c(OCc2ccccc2Cl)cc1Br. The molecule has 0 aliphatic heterocycles. The number of methoxy groups -OCH3 is 1. The number of rotatable bonds is 11. The zero-order valence-electron chi connectivity index (χ0n) is 16.2. The Labute approximate surface area is 175 Å². The highest BCUT2D eigenvalue weighted by atomic mass is 79.9. The van der Waals surface area contributed by atoms with Crippen LogP contribution in [0.2, 0.25) is 5.02 Å². The first-order valence-electron chi connectivity index (χ1n) is 9.24. The number of nitrogens with one attached hydrogen (secondary N) is 1. The van der Waals surface area contributed by atoms with Crippen LogP contribution in [0, 0.1) is 0 Å². The van der Waals surface area contributed by atoms with E-state index in [2.05, 4.69) is 40.0 Å². The number of likely N-dealkylation sites (N-methyl/N-ethyl adjacent to an activating group) is 1. The lowest BCUT2D eigenvalue weighted by molar-refractivity contribution is 0.284. The topological polar surface area (TPSA) is 33.7 Å². The number of hydrogen-bond donors (Lipinski definition) is 1. The second kappa shape index (κ2) is 11.5. The maximum absolute atomic E-state index is 6.20. The van der Waals surface area contributed by atoms with E-state index in [0.717, 1.165) is 48.3 Å². The molecule has 2 aromatic carbocycles. The maximum Gasteiger partial charge on any atom is 0.162 e. The van der Waals surface area contributed by atoms with E-state index in [1.54, 1.807) is 7.11 Å². The van der Waals surface area contributed by atoms with E-state index in [4.69, 9.17) is 21.1 Å². The van der Waals surface area contributed by atoms with E-state index >= 15 is 0 Å². The summed E-state index contributed by atoms with van der Waals surface area (Å²) in [5.74, 6) is 1.40. The Kier molecular flexibility index (Phi) is 9.42. The lowest BCUT2D eigenvalue weighted by Gasteiger charge is -2.18. The van der Waals surface area contributed by atoms with Gasteiger partial charge in [0.1, 0.15) is 6.61 Å². The van der Waals surface area contributed by atoms with Crippen LogP contribution >= 0.6 is 27.5 Å². The first-order valence-corrected chi connectivity index (χ1v) is 10.4. The fraction of sp³-hybridized carbons (Fsp3) is 0.429. The van der Waals surface area contributed by atoms with Crippen LogP contribution in [-0.4, -0.2) is 38.2 Å². The molecule has 0 aliphatic carbocycles. The Morgan fingerprint density at radius 2 is 1.81 bits per heavy atom. The minimum Gasteiger partial charge on any atom is -0.493 e. The van der Waals surface area contributed by atoms with Gasteiger partial charge in [-0.1, -0.05) is 59.6 Å². The molecular weight excluding hydrogens is 428 g/mol. The third-order valence-corrected chi connectivity index (χ3v) is 5.60. The van der Waals surface area contributed by atoms with Crippen LogP contribution in [0.3, 0.4) is 0 Å². The molecular formula is C21H28BrClN2O2. The van der Waals surface area contributed by atoms with Gasteiger partial charge in [0.25, 0.3) is 0 Å². The molecule has 0 aliphatic rings. The molecule has 0 amide bonds. The van der Waals surface area contributed by atoms with Gasteiger partial charge >= 0.3 is 0 Å². The third kappa shape index (κ3) is 6.68. The molecule has 0 bridgehead atoms. The Bertz CT molecular complexity index is 723. The number of halogens is 2. The molecule has 0 radical (unpaired) electrons. The molecule has 2 rings (SSSR count). The molecule has 0 atom stereocenters. The molecule has 6 heteroatoms. The molecule has 2 aromatic rings. The van der Waals surface area contributed by atoms with Crippen molar-refractivity contribution in [2.45, 2.75) is 27.0 Å². The summed E-state index contributed by atoms with van der Waals surface area (Å²) in [6.07, 6.45) is 0. The van der Waals surface area contributed by atoms with Crippen molar-refractivity contribution in [3.8, 4) is 11.5 Å². The van der Waals surface area contributed by atoms with Crippen molar-refractivity contribution in [3.63, 3.8) is 0 Å². The smallest absolute Gasteiger partial charge is 0.162 e. The predicted octanol–water partition coefficient (Wildman–Crippen LogP) is 5.12. The van der Waals surface area contributed by atoms with Crippen molar-refractivity contribution in [1.82, 2.24) is 10.2 Å². The molecule has 0 saturated carbocycles. The fourth-order valence-electron chi connectivity index (χ4n) is 2.76. The Hall–Kier alpha value is -1.27. The summed E-state index contributed by atoms with van der Waals surface area (Å²) in [6, 6.07) is 11.6. The standard InChI is InChI=1S/C21H28BrClN2O2/c1-4-25(5-2)11-10-24-14-17-12-20(26-3)21(13-18(17)22)27-15-16-8-6-7-9-19(16)23/h6-9,12-13,24H,4-5,10-11,14-15H2,1-3H3. The van der Waals surface area contributed by atoms with Crippen molar-refractivity contribution < 1.29 is 9.47 Å². The van der Waals surface area contributed by atoms with Gasteiger partial charge in [-0.2, -0.15) is 0 Å². The van der Waals surface area contributed by atoms with Crippen LogP contribution in [0.1, 0.15) is 25.0 Å². The third-order valence-electron chi connectivity index (χ3n) is 4.49. The van der Waals surface area contributed by atoms with Gasteiger partial charge in [0.15, 0.2) is 11.5 Å². The quantitative estimate of drug-likeness (QED) is 0.477. The second-order valence-electron chi connectivity index (χ2n) is 6.18. The molecule has 0 spiro atoms. The molecule has 0 fully saturated rings. The number of hydrogen-bond acceptors (Lipinski definition) is 4. The Morgan fingerprint density at radius 1 is 1.07 bits per heavy atom. The maximum atomic E-state index is 6.20. The van der Waals surface area contributed by atoms with Gasteiger partial charge in [0, 0.05) is 34.7 Å². The highest BCUT2D eigenvalue weighted by Gasteiger charge is 2.11. The van der Waals surface area contributed by atoms with Gasteiger partial charge in [0.2, 0.25) is 0 Å². The monoisotopic (exact) mass is 454 g/mol. The molecule has 27 heavy (non-hydrogen) atoms. The minimum absolute atomic E-state index is 0.393. The van der Waals surface area contributed by atoms with Gasteiger partial charge < -0.3 is 19.7 Å². The van der Waals surface area contributed by atoms with Gasteiger partial charge in [0.05, 0.1) is 7.11 Å². The summed E-state index contributed by atoms with van der Waals surface area (Å²) in [4.78, 5) is 2.40. The zero-order chi connectivity index (χ0) is 19.6. The van der Waals surface area contributed by atoms with Gasteiger partial charge in [-0.25, -0.2) is 0 Å². The van der Waals surface area contributed by atoms with Crippen LogP contribution in [0.15, 0.2) is 40.9 Å². The summed E-state index contributed by atoms with van der Waals surface area (Å²) in [7, 11) is 1.66. The Balaban J connectivity index is 1.98. The van der Waals surface area contributed by atoms with Crippen LogP contribution < -0.4 is 14.8 Å². The van der Waals surface area contributed by atoms with Crippen LogP contribution in [0.5, 0.6) is 11.5 Å². The van der Waals surface area contributed by atoms with Crippen molar-refractivity contribution in [2.75, 3.05) is 33.3 Å². The Morgan fingerprint density at radius 3 is 2.48 bits per heavy atom. The van der Waals surface area contributed by atoms with Crippen LogP contribution in [-0.2, 0) is 13.2 Å². The van der Waals surface area contributed by atoms with Gasteiger partial charge in [-0.15, -0.1) is 0 Å². The van der Waals surface area contributed by atoms with E-state index in [9.17, 15) is 0 Å². The average Bonchev–Trinajstić information content (AvgIpc) is 2.68. The molecule has 0 saturated heterocycles. The summed E-state index contributed by atoms with van der Waals surface area (Å²) < 4.78 is 12.5. The summed E-state index contributed by atoms with van der Waals surface area (Å²) in [5.41, 5.74) is 2.08. The highest BCUT2D eigenvalue weighted by Crippen LogP contribution is 2.34.